The van der Waals surface area contributed by atoms with E-state index in [1.165, 1.54) is 21.9 Å². The van der Waals surface area contributed by atoms with E-state index in [0.717, 1.165) is 12.2 Å². The molecule has 0 spiro atoms. The average Bonchev–Trinajstić information content (AvgIpc) is 3.21. The van der Waals surface area contributed by atoms with Crippen LogP contribution in [0.3, 0.4) is 0 Å². The fourth-order valence-corrected chi connectivity index (χ4v) is 3.21. The van der Waals surface area contributed by atoms with Gasteiger partial charge < -0.3 is 9.88 Å². The lowest BCUT2D eigenvalue weighted by Crippen LogP contribution is -2.18. The topological polar surface area (TPSA) is 29.9 Å². The molecule has 1 unspecified atom stereocenters. The summed E-state index contributed by atoms with van der Waals surface area (Å²) >= 11 is 0. The number of rotatable bonds is 5. The number of hydrogen-bond acceptors (Lipinski definition) is 2. The van der Waals surface area contributed by atoms with Gasteiger partial charge in [0, 0.05) is 30.7 Å². The summed E-state index contributed by atoms with van der Waals surface area (Å²) in [7, 11) is 0. The van der Waals surface area contributed by atoms with Gasteiger partial charge >= 0.3 is 0 Å². The first-order valence-corrected chi connectivity index (χ1v) is 8.59. The maximum Gasteiger partial charge on any atom is 0.0991 e. The van der Waals surface area contributed by atoms with Gasteiger partial charge in [-0.15, -0.1) is 0 Å². The van der Waals surface area contributed by atoms with E-state index in [0.29, 0.717) is 6.04 Å². The Morgan fingerprint density at radius 2 is 1.76 bits per heavy atom. The Morgan fingerprint density at radius 1 is 0.960 bits per heavy atom. The molecule has 25 heavy (non-hydrogen) atoms. The van der Waals surface area contributed by atoms with Gasteiger partial charge in [-0.05, 0) is 41.0 Å². The number of benzene rings is 3. The predicted octanol–water partition coefficient (Wildman–Crippen LogP) is 4.88. The van der Waals surface area contributed by atoms with Crippen molar-refractivity contribution in [1.29, 1.82) is 0 Å². The van der Waals surface area contributed by atoms with Gasteiger partial charge in [0.15, 0.2) is 0 Å². The van der Waals surface area contributed by atoms with Crippen molar-refractivity contribution >= 4 is 10.8 Å². The smallest absolute Gasteiger partial charge is 0.0991 e. The lowest BCUT2D eigenvalue weighted by molar-refractivity contribution is 0.578. The predicted molar refractivity (Wildman–Crippen MR) is 103 cm³/mol. The van der Waals surface area contributed by atoms with Crippen molar-refractivity contribution in [2.45, 2.75) is 19.5 Å². The van der Waals surface area contributed by atoms with E-state index in [4.69, 9.17) is 0 Å². The van der Waals surface area contributed by atoms with Gasteiger partial charge in [-0.1, -0.05) is 54.6 Å². The van der Waals surface area contributed by atoms with Crippen molar-refractivity contribution < 1.29 is 0 Å². The Bertz CT molecular complexity index is 951. The number of hydrogen-bond donors (Lipinski definition) is 1. The molecule has 1 heterocycles. The number of aromatic nitrogens is 2. The Morgan fingerprint density at radius 3 is 2.56 bits per heavy atom. The number of nitrogens with zero attached hydrogens (tertiary/aromatic N) is 2. The second-order valence-corrected chi connectivity index (χ2v) is 6.31. The van der Waals surface area contributed by atoms with Crippen molar-refractivity contribution in [3.63, 3.8) is 0 Å². The standard InChI is InChI=1S/C22H21N3/c1-17(21-8-4-6-19-5-2-3-7-22(19)21)24-15-18-9-11-20(12-10-18)25-14-13-23-16-25/h2-14,16-17,24H,15H2,1H3. The first-order chi connectivity index (χ1) is 12.3. The largest absolute Gasteiger partial charge is 0.306 e. The number of fused-ring (bicyclic) bond motifs is 1. The van der Waals surface area contributed by atoms with Gasteiger partial charge in [0.1, 0.15) is 0 Å². The molecule has 3 nitrogen and oxygen atoms in total. The van der Waals surface area contributed by atoms with E-state index >= 15 is 0 Å². The second-order valence-electron chi connectivity index (χ2n) is 6.31. The maximum atomic E-state index is 4.09. The van der Waals surface area contributed by atoms with Gasteiger partial charge in [-0.2, -0.15) is 0 Å². The summed E-state index contributed by atoms with van der Waals surface area (Å²) < 4.78 is 2.01. The Balaban J connectivity index is 1.47. The molecule has 124 valence electrons. The van der Waals surface area contributed by atoms with Gasteiger partial charge in [0.05, 0.1) is 6.33 Å². The van der Waals surface area contributed by atoms with Crippen LogP contribution in [0.2, 0.25) is 0 Å². The van der Waals surface area contributed by atoms with Crippen LogP contribution >= 0.6 is 0 Å². The van der Waals surface area contributed by atoms with E-state index in [1.54, 1.807) is 6.20 Å². The van der Waals surface area contributed by atoms with Crippen LogP contribution in [-0.2, 0) is 6.54 Å². The van der Waals surface area contributed by atoms with E-state index in [2.05, 4.69) is 84.0 Å². The molecule has 0 aliphatic rings. The Labute approximate surface area is 148 Å². The van der Waals surface area contributed by atoms with Crippen LogP contribution in [0.5, 0.6) is 0 Å². The van der Waals surface area contributed by atoms with Gasteiger partial charge in [0.2, 0.25) is 0 Å². The zero-order chi connectivity index (χ0) is 17.1. The van der Waals surface area contributed by atoms with Crippen LogP contribution in [0, 0.1) is 0 Å². The van der Waals surface area contributed by atoms with Crippen LogP contribution in [0.1, 0.15) is 24.1 Å². The molecule has 0 radical (unpaired) electrons. The second kappa shape index (κ2) is 6.91. The molecular weight excluding hydrogens is 306 g/mol. The zero-order valence-electron chi connectivity index (χ0n) is 14.3. The minimum Gasteiger partial charge on any atom is -0.306 e. The highest BCUT2D eigenvalue weighted by molar-refractivity contribution is 5.86. The molecule has 0 saturated carbocycles. The summed E-state index contributed by atoms with van der Waals surface area (Å²) in [6.45, 7) is 3.07. The first-order valence-electron chi connectivity index (χ1n) is 8.59. The summed E-state index contributed by atoms with van der Waals surface area (Å²) in [6, 6.07) is 23.9. The van der Waals surface area contributed by atoms with Crippen molar-refractivity contribution in [2.75, 3.05) is 0 Å². The molecule has 0 amide bonds. The summed E-state index contributed by atoms with van der Waals surface area (Å²) in [5.74, 6) is 0. The molecule has 0 bridgehead atoms. The average molecular weight is 327 g/mol. The van der Waals surface area contributed by atoms with Crippen LogP contribution in [0.15, 0.2) is 85.5 Å². The third-order valence-corrected chi connectivity index (χ3v) is 4.64. The molecule has 0 saturated heterocycles. The summed E-state index contributed by atoms with van der Waals surface area (Å²) in [4.78, 5) is 4.09. The van der Waals surface area contributed by atoms with Crippen molar-refractivity contribution in [3.05, 3.63) is 96.6 Å². The molecule has 3 aromatic carbocycles. The molecular formula is C22H21N3. The zero-order valence-corrected chi connectivity index (χ0v) is 14.3. The highest BCUT2D eigenvalue weighted by Gasteiger charge is 2.08. The number of imidazole rings is 1. The Kier molecular flexibility index (Phi) is 4.32. The fraction of sp³-hybridized carbons (Fsp3) is 0.136. The van der Waals surface area contributed by atoms with Crippen LogP contribution in [0.4, 0.5) is 0 Å². The highest BCUT2D eigenvalue weighted by atomic mass is 15.0. The maximum absolute atomic E-state index is 4.09. The molecule has 4 aromatic rings. The lowest BCUT2D eigenvalue weighted by Gasteiger charge is -2.17. The minimum atomic E-state index is 0.291. The van der Waals surface area contributed by atoms with E-state index in [-0.39, 0.29) is 0 Å². The van der Waals surface area contributed by atoms with E-state index in [1.807, 2.05) is 17.1 Å². The Hall–Kier alpha value is -2.91. The quantitative estimate of drug-likeness (QED) is 0.566. The van der Waals surface area contributed by atoms with Gasteiger partial charge in [0.25, 0.3) is 0 Å². The minimum absolute atomic E-state index is 0.291. The monoisotopic (exact) mass is 327 g/mol. The summed E-state index contributed by atoms with van der Waals surface area (Å²) in [5.41, 5.74) is 3.74. The lowest BCUT2D eigenvalue weighted by atomic mass is 9.99. The molecule has 3 heteroatoms. The molecule has 4 rings (SSSR count). The van der Waals surface area contributed by atoms with Gasteiger partial charge in [-0.3, -0.25) is 0 Å². The van der Waals surface area contributed by atoms with Gasteiger partial charge in [-0.25, -0.2) is 4.98 Å². The molecule has 0 aliphatic carbocycles. The molecule has 1 N–H and O–H groups in total. The molecule has 0 fully saturated rings. The van der Waals surface area contributed by atoms with E-state index in [9.17, 15) is 0 Å². The third-order valence-electron chi connectivity index (χ3n) is 4.64. The van der Waals surface area contributed by atoms with Crippen molar-refractivity contribution in [3.8, 4) is 5.69 Å². The van der Waals surface area contributed by atoms with Crippen LogP contribution < -0.4 is 5.32 Å². The number of nitrogens with one attached hydrogen (secondary N) is 1. The first kappa shape index (κ1) is 15.6. The third kappa shape index (κ3) is 3.32. The van der Waals surface area contributed by atoms with Crippen molar-refractivity contribution in [1.82, 2.24) is 14.9 Å². The molecule has 0 aliphatic heterocycles. The fourth-order valence-electron chi connectivity index (χ4n) is 3.21. The SMILES string of the molecule is CC(NCc1ccc(-n2ccnc2)cc1)c1cccc2ccccc12. The van der Waals surface area contributed by atoms with Crippen LogP contribution in [-0.4, -0.2) is 9.55 Å². The summed E-state index contributed by atoms with van der Waals surface area (Å²) in [6.07, 6.45) is 5.56. The van der Waals surface area contributed by atoms with Crippen LogP contribution in [0.25, 0.3) is 16.5 Å². The van der Waals surface area contributed by atoms with E-state index < -0.39 is 0 Å². The molecule has 1 aromatic heterocycles. The highest BCUT2D eigenvalue weighted by Crippen LogP contribution is 2.24. The normalized spacial score (nSPS) is 12.4. The summed E-state index contributed by atoms with van der Waals surface area (Å²) in [5, 5.41) is 6.25. The van der Waals surface area contributed by atoms with Crippen molar-refractivity contribution in [2.24, 2.45) is 0 Å². The molecule has 1 atom stereocenters.